The van der Waals surface area contributed by atoms with Crippen LogP contribution in [0.3, 0.4) is 0 Å². The number of rotatable bonds is 3. The minimum absolute atomic E-state index is 0.191. The number of H-pyrrole nitrogens is 1. The Morgan fingerprint density at radius 3 is 2.89 bits per heavy atom. The van der Waals surface area contributed by atoms with Crippen LogP contribution >= 0.6 is 0 Å². The zero-order chi connectivity index (χ0) is 13.1. The lowest BCUT2D eigenvalue weighted by molar-refractivity contribution is -0.110. The van der Waals surface area contributed by atoms with Crippen LogP contribution in [-0.4, -0.2) is 21.8 Å². The molecule has 0 radical (unpaired) electrons. The van der Waals surface area contributed by atoms with Crippen LogP contribution in [0.15, 0.2) is 47.8 Å². The second kappa shape index (κ2) is 4.93. The van der Waals surface area contributed by atoms with Crippen molar-refractivity contribution in [2.45, 2.75) is 12.5 Å². The molecule has 1 aromatic heterocycles. The summed E-state index contributed by atoms with van der Waals surface area (Å²) in [6.07, 6.45) is 1.84. The second-order valence-corrected chi connectivity index (χ2v) is 4.17. The highest BCUT2D eigenvalue weighted by molar-refractivity contribution is 6.43. The number of amides is 1. The standard InChI is InChI=1S/C13H12N4O2/c18-13(15-12-6-7-14-16-12)10-8-11(19-17-10)9-4-2-1-3-5-9/h1-7,11H,8H2,(H2,14,15,16,18). The number of nitrogens with zero attached hydrogens (tertiary/aromatic N) is 2. The number of hydrogen-bond acceptors (Lipinski definition) is 4. The Morgan fingerprint density at radius 1 is 1.32 bits per heavy atom. The van der Waals surface area contributed by atoms with E-state index in [0.29, 0.717) is 18.0 Å². The molecular formula is C13H12N4O2. The van der Waals surface area contributed by atoms with E-state index in [1.165, 1.54) is 0 Å². The molecule has 2 aromatic rings. The molecule has 0 fully saturated rings. The van der Waals surface area contributed by atoms with Crippen LogP contribution in [0.2, 0.25) is 0 Å². The number of hydrogen-bond donors (Lipinski definition) is 2. The molecule has 3 rings (SSSR count). The zero-order valence-electron chi connectivity index (χ0n) is 10.0. The largest absolute Gasteiger partial charge is 0.387 e. The fraction of sp³-hybridized carbons (Fsp3) is 0.154. The highest BCUT2D eigenvalue weighted by Crippen LogP contribution is 2.27. The van der Waals surface area contributed by atoms with Gasteiger partial charge in [0.2, 0.25) is 0 Å². The van der Waals surface area contributed by atoms with E-state index < -0.39 is 0 Å². The maximum Gasteiger partial charge on any atom is 0.274 e. The third kappa shape index (κ3) is 2.47. The molecule has 0 saturated heterocycles. The van der Waals surface area contributed by atoms with E-state index >= 15 is 0 Å². The average molecular weight is 256 g/mol. The van der Waals surface area contributed by atoms with Crippen molar-refractivity contribution in [3.63, 3.8) is 0 Å². The highest BCUT2D eigenvalue weighted by atomic mass is 16.6. The van der Waals surface area contributed by atoms with Crippen LogP contribution in [0.25, 0.3) is 0 Å². The van der Waals surface area contributed by atoms with Gasteiger partial charge < -0.3 is 10.2 Å². The molecule has 1 amide bonds. The summed E-state index contributed by atoms with van der Waals surface area (Å²) in [5.41, 5.74) is 1.39. The number of aromatic amines is 1. The van der Waals surface area contributed by atoms with Gasteiger partial charge in [-0.1, -0.05) is 35.5 Å². The number of oxime groups is 1. The first-order valence-corrected chi connectivity index (χ1v) is 5.91. The first-order valence-electron chi connectivity index (χ1n) is 5.91. The molecule has 6 nitrogen and oxygen atoms in total. The molecule has 0 bridgehead atoms. The van der Waals surface area contributed by atoms with Gasteiger partial charge in [0.15, 0.2) is 6.10 Å². The van der Waals surface area contributed by atoms with E-state index in [9.17, 15) is 4.79 Å². The van der Waals surface area contributed by atoms with Gasteiger partial charge in [-0.2, -0.15) is 5.10 Å². The molecule has 1 aliphatic rings. The first kappa shape index (κ1) is 11.5. The molecule has 1 atom stereocenters. The maximum absolute atomic E-state index is 11.9. The number of anilines is 1. The number of aromatic nitrogens is 2. The summed E-state index contributed by atoms with van der Waals surface area (Å²) in [7, 11) is 0. The Balaban J connectivity index is 1.64. The van der Waals surface area contributed by atoms with Crippen molar-refractivity contribution in [2.75, 3.05) is 5.32 Å². The Morgan fingerprint density at radius 2 is 2.16 bits per heavy atom. The third-order valence-electron chi connectivity index (χ3n) is 2.85. The van der Waals surface area contributed by atoms with Gasteiger partial charge in [-0.15, -0.1) is 0 Å². The predicted molar refractivity (Wildman–Crippen MR) is 69.5 cm³/mol. The average Bonchev–Trinajstić information content (AvgIpc) is 3.10. The van der Waals surface area contributed by atoms with Crippen LogP contribution < -0.4 is 5.32 Å². The molecule has 0 spiro atoms. The lowest BCUT2D eigenvalue weighted by Crippen LogP contribution is -2.22. The summed E-state index contributed by atoms with van der Waals surface area (Å²) >= 11 is 0. The fourth-order valence-corrected chi connectivity index (χ4v) is 1.88. The minimum Gasteiger partial charge on any atom is -0.387 e. The number of benzene rings is 1. The smallest absolute Gasteiger partial charge is 0.274 e. The van der Waals surface area contributed by atoms with Crippen molar-refractivity contribution in [3.05, 3.63) is 48.2 Å². The Hall–Kier alpha value is -2.63. The van der Waals surface area contributed by atoms with Gasteiger partial charge in [0, 0.05) is 12.5 Å². The summed E-state index contributed by atoms with van der Waals surface area (Å²) in [5.74, 6) is 0.263. The van der Waals surface area contributed by atoms with Crippen molar-refractivity contribution in [2.24, 2.45) is 5.16 Å². The Bertz CT molecular complexity index is 592. The summed E-state index contributed by atoms with van der Waals surface area (Å²) in [5, 5.41) is 12.9. The van der Waals surface area contributed by atoms with Crippen LogP contribution in [0, 0.1) is 0 Å². The minimum atomic E-state index is -0.275. The van der Waals surface area contributed by atoms with E-state index in [0.717, 1.165) is 5.56 Å². The van der Waals surface area contributed by atoms with Gasteiger partial charge in [0.05, 0.1) is 6.20 Å². The van der Waals surface area contributed by atoms with Crippen molar-refractivity contribution in [1.82, 2.24) is 10.2 Å². The van der Waals surface area contributed by atoms with Crippen molar-refractivity contribution in [1.29, 1.82) is 0 Å². The number of carbonyl (C=O) groups is 1. The van der Waals surface area contributed by atoms with E-state index in [1.54, 1.807) is 12.3 Å². The molecule has 2 N–H and O–H groups in total. The normalized spacial score (nSPS) is 17.7. The van der Waals surface area contributed by atoms with E-state index in [4.69, 9.17) is 4.84 Å². The van der Waals surface area contributed by atoms with E-state index in [1.807, 2.05) is 30.3 Å². The van der Waals surface area contributed by atoms with Crippen molar-refractivity contribution in [3.8, 4) is 0 Å². The van der Waals surface area contributed by atoms with Gasteiger partial charge in [-0.05, 0) is 5.56 Å². The SMILES string of the molecule is O=C(Nc1ccn[nH]1)C1=NOC(c2ccccc2)C1. The van der Waals surface area contributed by atoms with Crippen LogP contribution in [-0.2, 0) is 9.63 Å². The van der Waals surface area contributed by atoms with Gasteiger partial charge >= 0.3 is 0 Å². The van der Waals surface area contributed by atoms with Crippen molar-refractivity contribution >= 4 is 17.4 Å². The Labute approximate surface area is 109 Å². The van der Waals surface area contributed by atoms with E-state index in [2.05, 4.69) is 20.7 Å². The molecular weight excluding hydrogens is 244 g/mol. The second-order valence-electron chi connectivity index (χ2n) is 4.17. The number of carbonyl (C=O) groups excluding carboxylic acids is 1. The van der Waals surface area contributed by atoms with Crippen LogP contribution in [0.1, 0.15) is 18.1 Å². The first-order chi connectivity index (χ1) is 9.33. The molecule has 0 saturated carbocycles. The molecule has 0 aliphatic carbocycles. The van der Waals surface area contributed by atoms with Crippen LogP contribution in [0.5, 0.6) is 0 Å². The summed E-state index contributed by atoms with van der Waals surface area (Å²) in [6, 6.07) is 11.4. The molecule has 1 aliphatic heterocycles. The van der Waals surface area contributed by atoms with E-state index in [-0.39, 0.29) is 12.0 Å². The van der Waals surface area contributed by atoms with Gasteiger partial charge in [-0.3, -0.25) is 9.89 Å². The molecule has 1 aromatic carbocycles. The topological polar surface area (TPSA) is 79.4 Å². The van der Waals surface area contributed by atoms with Crippen molar-refractivity contribution < 1.29 is 9.63 Å². The summed E-state index contributed by atoms with van der Waals surface area (Å²) in [6.45, 7) is 0. The fourth-order valence-electron chi connectivity index (χ4n) is 1.88. The quantitative estimate of drug-likeness (QED) is 0.879. The molecule has 6 heteroatoms. The monoisotopic (exact) mass is 256 g/mol. The van der Waals surface area contributed by atoms with Gasteiger partial charge in [-0.25, -0.2) is 0 Å². The van der Waals surface area contributed by atoms with Gasteiger partial charge in [0.1, 0.15) is 11.5 Å². The molecule has 2 heterocycles. The zero-order valence-corrected chi connectivity index (χ0v) is 10.0. The lowest BCUT2D eigenvalue weighted by atomic mass is 10.0. The maximum atomic E-state index is 11.9. The number of nitrogens with one attached hydrogen (secondary N) is 2. The summed E-state index contributed by atoms with van der Waals surface area (Å²) in [4.78, 5) is 17.2. The lowest BCUT2D eigenvalue weighted by Gasteiger charge is -2.07. The van der Waals surface area contributed by atoms with Gasteiger partial charge in [0.25, 0.3) is 5.91 Å². The molecule has 19 heavy (non-hydrogen) atoms. The molecule has 96 valence electrons. The van der Waals surface area contributed by atoms with Crippen LogP contribution in [0.4, 0.5) is 5.82 Å². The molecule has 1 unspecified atom stereocenters. The third-order valence-corrected chi connectivity index (χ3v) is 2.85. The Kier molecular flexibility index (Phi) is 2.97. The predicted octanol–water partition coefficient (Wildman–Crippen LogP) is 1.87. The highest BCUT2D eigenvalue weighted by Gasteiger charge is 2.27. The summed E-state index contributed by atoms with van der Waals surface area (Å²) < 4.78 is 0.